The quantitative estimate of drug-likeness (QED) is 0.434. The van der Waals surface area contributed by atoms with Crippen molar-refractivity contribution in [2.24, 2.45) is 4.99 Å². The molecule has 0 fully saturated rings. The predicted molar refractivity (Wildman–Crippen MR) is 111 cm³/mol. The molecule has 146 valence electrons. The smallest absolute Gasteiger partial charge is 0.194 e. The summed E-state index contributed by atoms with van der Waals surface area (Å²) < 4.78 is 0. The molecule has 1 unspecified atom stereocenters. The molecule has 2 aromatic heterocycles. The number of aliphatic hydroxyl groups is 1. The Labute approximate surface area is 165 Å². The Morgan fingerprint density at radius 1 is 1.21 bits per heavy atom. The van der Waals surface area contributed by atoms with Crippen LogP contribution in [0, 0.1) is 0 Å². The van der Waals surface area contributed by atoms with Gasteiger partial charge in [-0.05, 0) is 30.2 Å². The largest absolute Gasteiger partial charge is 0.386 e. The Kier molecular flexibility index (Phi) is 6.75. The number of nitrogens with one attached hydrogen (secondary N) is 2. The summed E-state index contributed by atoms with van der Waals surface area (Å²) in [5, 5.41) is 13.6. The second-order valence-corrected chi connectivity index (χ2v) is 6.46. The van der Waals surface area contributed by atoms with E-state index in [9.17, 15) is 5.11 Å². The number of aromatic nitrogens is 3. The van der Waals surface area contributed by atoms with Crippen molar-refractivity contribution >= 4 is 5.96 Å². The van der Waals surface area contributed by atoms with Gasteiger partial charge in [0.05, 0.1) is 31.1 Å². The highest BCUT2D eigenvalue weighted by molar-refractivity contribution is 5.79. The van der Waals surface area contributed by atoms with Crippen LogP contribution < -0.4 is 5.32 Å². The van der Waals surface area contributed by atoms with E-state index < -0.39 is 6.10 Å². The molecular formula is C21H26N6O. The number of imidazole rings is 1. The van der Waals surface area contributed by atoms with E-state index in [1.807, 2.05) is 55.4 Å². The lowest BCUT2D eigenvalue weighted by atomic mass is 10.1. The zero-order chi connectivity index (χ0) is 19.8. The average molecular weight is 378 g/mol. The zero-order valence-corrected chi connectivity index (χ0v) is 16.2. The highest BCUT2D eigenvalue weighted by atomic mass is 16.3. The van der Waals surface area contributed by atoms with Gasteiger partial charge in [-0.2, -0.15) is 0 Å². The van der Waals surface area contributed by atoms with E-state index in [2.05, 4.69) is 25.3 Å². The van der Waals surface area contributed by atoms with Gasteiger partial charge < -0.3 is 20.3 Å². The highest BCUT2D eigenvalue weighted by Gasteiger charge is 2.12. The average Bonchev–Trinajstić information content (AvgIpc) is 3.20. The van der Waals surface area contributed by atoms with Crippen LogP contribution >= 0.6 is 0 Å². The maximum absolute atomic E-state index is 10.3. The monoisotopic (exact) mass is 378 g/mol. The van der Waals surface area contributed by atoms with Gasteiger partial charge in [0, 0.05) is 26.0 Å². The van der Waals surface area contributed by atoms with Gasteiger partial charge >= 0.3 is 0 Å². The van der Waals surface area contributed by atoms with Gasteiger partial charge in [-0.3, -0.25) is 9.98 Å². The number of hydrogen-bond donors (Lipinski definition) is 3. The van der Waals surface area contributed by atoms with Crippen LogP contribution in [-0.4, -0.2) is 51.1 Å². The predicted octanol–water partition coefficient (Wildman–Crippen LogP) is 2.60. The first-order chi connectivity index (χ1) is 13.7. The van der Waals surface area contributed by atoms with Crippen molar-refractivity contribution < 1.29 is 5.11 Å². The third-order valence-electron chi connectivity index (χ3n) is 4.30. The van der Waals surface area contributed by atoms with Crippen LogP contribution in [0.2, 0.25) is 0 Å². The number of guanidine groups is 1. The van der Waals surface area contributed by atoms with Crippen LogP contribution in [0.3, 0.4) is 0 Å². The molecular weight excluding hydrogens is 352 g/mol. The Morgan fingerprint density at radius 2 is 1.96 bits per heavy atom. The fourth-order valence-electron chi connectivity index (χ4n) is 2.84. The van der Waals surface area contributed by atoms with Crippen LogP contribution in [0.5, 0.6) is 0 Å². The Hall–Kier alpha value is -3.19. The molecule has 3 aromatic rings. The summed E-state index contributed by atoms with van der Waals surface area (Å²) in [5.41, 5.74) is 2.89. The molecule has 0 aliphatic heterocycles. The lowest BCUT2D eigenvalue weighted by Gasteiger charge is -2.21. The molecule has 0 aliphatic rings. The normalized spacial score (nSPS) is 12.6. The number of aliphatic hydroxyl groups excluding tert-OH is 1. The van der Waals surface area contributed by atoms with Gasteiger partial charge in [0.1, 0.15) is 5.82 Å². The Bertz CT molecular complexity index is 878. The molecule has 3 N–H and O–H groups in total. The second-order valence-electron chi connectivity index (χ2n) is 6.46. The van der Waals surface area contributed by atoms with E-state index in [0.717, 1.165) is 29.2 Å². The fraction of sp³-hybridized carbons (Fsp3) is 0.286. The van der Waals surface area contributed by atoms with Crippen LogP contribution in [0.25, 0.3) is 11.3 Å². The van der Waals surface area contributed by atoms with E-state index in [-0.39, 0.29) is 6.54 Å². The minimum Gasteiger partial charge on any atom is -0.386 e. The number of pyridine rings is 1. The minimum atomic E-state index is -0.668. The molecule has 0 amide bonds. The van der Waals surface area contributed by atoms with Crippen molar-refractivity contribution in [3.8, 4) is 11.3 Å². The number of aromatic amines is 1. The summed E-state index contributed by atoms with van der Waals surface area (Å²) >= 11 is 0. The maximum atomic E-state index is 10.3. The van der Waals surface area contributed by atoms with Crippen LogP contribution in [0.1, 0.15) is 24.4 Å². The first-order valence-corrected chi connectivity index (χ1v) is 9.34. The first-order valence-electron chi connectivity index (χ1n) is 9.34. The standard InChI is InChI=1S/C21H26N6O/c1-3-23-21(25-14-19(28)17-9-11-22-12-10-17)27(2)15-20-24-13-18(26-20)16-7-5-4-6-8-16/h4-13,19,28H,3,14-15H2,1-2H3,(H,23,25)(H,24,26). The molecule has 7 heteroatoms. The van der Waals surface area contributed by atoms with Crippen LogP contribution in [0.15, 0.2) is 66.0 Å². The SMILES string of the molecule is CCNC(=NCC(O)c1ccncc1)N(C)Cc1ncc(-c2ccccc2)[nH]1. The molecule has 0 spiro atoms. The van der Waals surface area contributed by atoms with Gasteiger partial charge in [-0.15, -0.1) is 0 Å². The lowest BCUT2D eigenvalue weighted by Crippen LogP contribution is -2.39. The number of rotatable bonds is 7. The molecule has 1 atom stereocenters. The maximum Gasteiger partial charge on any atom is 0.194 e. The molecule has 2 heterocycles. The van der Waals surface area contributed by atoms with Crippen molar-refractivity contribution in [1.82, 2.24) is 25.2 Å². The number of aliphatic imine (C=N–C) groups is 1. The summed E-state index contributed by atoms with van der Waals surface area (Å²) in [7, 11) is 1.95. The van der Waals surface area contributed by atoms with Gasteiger partial charge in [-0.1, -0.05) is 30.3 Å². The molecule has 28 heavy (non-hydrogen) atoms. The van der Waals surface area contributed by atoms with Gasteiger partial charge in [0.15, 0.2) is 5.96 Å². The van der Waals surface area contributed by atoms with E-state index >= 15 is 0 Å². The van der Waals surface area contributed by atoms with Crippen LogP contribution in [0.4, 0.5) is 0 Å². The molecule has 0 saturated carbocycles. The molecule has 0 bridgehead atoms. The number of hydrogen-bond acceptors (Lipinski definition) is 4. The molecule has 3 rings (SSSR count). The minimum absolute atomic E-state index is 0.268. The zero-order valence-electron chi connectivity index (χ0n) is 16.2. The van der Waals surface area contributed by atoms with Crippen molar-refractivity contribution in [1.29, 1.82) is 0 Å². The summed E-state index contributed by atoms with van der Waals surface area (Å²) in [5.74, 6) is 1.56. The molecule has 7 nitrogen and oxygen atoms in total. The van der Waals surface area contributed by atoms with Crippen molar-refractivity contribution in [2.75, 3.05) is 20.1 Å². The fourth-order valence-corrected chi connectivity index (χ4v) is 2.84. The van der Waals surface area contributed by atoms with E-state index in [1.165, 1.54) is 0 Å². The van der Waals surface area contributed by atoms with E-state index in [1.54, 1.807) is 24.5 Å². The van der Waals surface area contributed by atoms with Crippen molar-refractivity contribution in [3.63, 3.8) is 0 Å². The van der Waals surface area contributed by atoms with Gasteiger partial charge in [0.2, 0.25) is 0 Å². The number of H-pyrrole nitrogens is 1. The second kappa shape index (κ2) is 9.66. The van der Waals surface area contributed by atoms with E-state index in [4.69, 9.17) is 0 Å². The van der Waals surface area contributed by atoms with E-state index in [0.29, 0.717) is 12.5 Å². The van der Waals surface area contributed by atoms with Crippen LogP contribution in [-0.2, 0) is 6.54 Å². The molecule has 0 aliphatic carbocycles. The highest BCUT2D eigenvalue weighted by Crippen LogP contribution is 2.16. The first kappa shape index (κ1) is 19.6. The van der Waals surface area contributed by atoms with Gasteiger partial charge in [0.25, 0.3) is 0 Å². The third kappa shape index (κ3) is 5.17. The topological polar surface area (TPSA) is 89.4 Å². The Morgan fingerprint density at radius 3 is 2.68 bits per heavy atom. The molecule has 0 radical (unpaired) electrons. The summed E-state index contributed by atoms with van der Waals surface area (Å²) in [4.78, 5) is 18.4. The number of nitrogens with zero attached hydrogens (tertiary/aromatic N) is 4. The van der Waals surface area contributed by atoms with Crippen molar-refractivity contribution in [2.45, 2.75) is 19.6 Å². The number of benzene rings is 1. The summed E-state index contributed by atoms with van der Waals surface area (Å²) in [6.45, 7) is 3.60. The lowest BCUT2D eigenvalue weighted by molar-refractivity contribution is 0.186. The molecule has 1 aromatic carbocycles. The van der Waals surface area contributed by atoms with Gasteiger partial charge in [-0.25, -0.2) is 4.98 Å². The molecule has 0 saturated heterocycles. The third-order valence-corrected chi connectivity index (χ3v) is 4.30. The van der Waals surface area contributed by atoms with Crippen molar-refractivity contribution in [3.05, 3.63) is 72.4 Å². The summed E-state index contributed by atoms with van der Waals surface area (Å²) in [6.07, 6.45) is 4.51. The summed E-state index contributed by atoms with van der Waals surface area (Å²) in [6, 6.07) is 13.7. The Balaban J connectivity index is 1.66.